The standard InChI is InChI=1S/C9H7N3O3/c13-7-5-12(9(14)8(7)11-15)6-2-1-3-10-4-6/h1-4,15H,5H2/b11-8-. The van der Waals surface area contributed by atoms with E-state index in [1.54, 1.807) is 18.3 Å². The number of ketones is 1. The summed E-state index contributed by atoms with van der Waals surface area (Å²) in [6.45, 7) is -0.107. The molecule has 2 heterocycles. The third-order valence-electron chi connectivity index (χ3n) is 2.07. The van der Waals surface area contributed by atoms with E-state index < -0.39 is 17.4 Å². The van der Waals surface area contributed by atoms with E-state index in [0.717, 1.165) is 0 Å². The minimum Gasteiger partial charge on any atom is -0.410 e. The number of carbonyl (C=O) groups is 2. The van der Waals surface area contributed by atoms with E-state index in [4.69, 9.17) is 5.21 Å². The molecule has 1 amide bonds. The summed E-state index contributed by atoms with van der Waals surface area (Å²) in [7, 11) is 0. The van der Waals surface area contributed by atoms with Crippen LogP contribution in [0, 0.1) is 0 Å². The van der Waals surface area contributed by atoms with Gasteiger partial charge in [-0.1, -0.05) is 5.16 Å². The van der Waals surface area contributed by atoms with Gasteiger partial charge in [0.2, 0.25) is 11.5 Å². The summed E-state index contributed by atoms with van der Waals surface area (Å²) in [6, 6.07) is 3.31. The molecule has 1 fully saturated rings. The summed E-state index contributed by atoms with van der Waals surface area (Å²) in [5.74, 6) is -1.10. The van der Waals surface area contributed by atoms with E-state index in [2.05, 4.69) is 10.1 Å². The van der Waals surface area contributed by atoms with Crippen molar-refractivity contribution in [3.05, 3.63) is 24.5 Å². The van der Waals surface area contributed by atoms with Crippen molar-refractivity contribution in [2.75, 3.05) is 11.4 Å². The van der Waals surface area contributed by atoms with Crippen LogP contribution in [0.1, 0.15) is 0 Å². The van der Waals surface area contributed by atoms with Crippen LogP contribution in [0.25, 0.3) is 0 Å². The SMILES string of the molecule is O=C1CN(c2cccnc2)C(=O)/C1=N\O. The molecule has 76 valence electrons. The predicted molar refractivity (Wildman–Crippen MR) is 50.8 cm³/mol. The zero-order valence-electron chi connectivity index (χ0n) is 7.62. The number of oxime groups is 1. The molecule has 15 heavy (non-hydrogen) atoms. The second-order valence-electron chi connectivity index (χ2n) is 2.97. The highest BCUT2D eigenvalue weighted by atomic mass is 16.4. The Kier molecular flexibility index (Phi) is 2.17. The molecule has 0 spiro atoms. The average Bonchev–Trinajstić information content (AvgIpc) is 2.55. The monoisotopic (exact) mass is 205 g/mol. The number of carbonyl (C=O) groups excluding carboxylic acids is 2. The number of hydrogen-bond donors (Lipinski definition) is 1. The normalized spacial score (nSPS) is 18.9. The molecule has 1 saturated heterocycles. The van der Waals surface area contributed by atoms with Crippen molar-refractivity contribution < 1.29 is 14.8 Å². The molecule has 6 nitrogen and oxygen atoms in total. The Balaban J connectivity index is 2.36. The van der Waals surface area contributed by atoms with Crippen molar-refractivity contribution in [2.24, 2.45) is 5.16 Å². The van der Waals surface area contributed by atoms with Crippen molar-refractivity contribution in [3.8, 4) is 0 Å². The first-order valence-electron chi connectivity index (χ1n) is 4.21. The lowest BCUT2D eigenvalue weighted by Gasteiger charge is -2.12. The van der Waals surface area contributed by atoms with Crippen LogP contribution in [-0.4, -0.2) is 34.1 Å². The molecule has 0 aromatic carbocycles. The van der Waals surface area contributed by atoms with Gasteiger partial charge >= 0.3 is 0 Å². The molecule has 1 aromatic rings. The van der Waals surface area contributed by atoms with Crippen molar-refractivity contribution in [2.45, 2.75) is 0 Å². The van der Waals surface area contributed by atoms with Crippen molar-refractivity contribution in [1.82, 2.24) is 4.98 Å². The minimum atomic E-state index is -0.601. The topological polar surface area (TPSA) is 82.9 Å². The maximum atomic E-state index is 11.5. The van der Waals surface area contributed by atoms with Gasteiger partial charge in [-0.25, -0.2) is 0 Å². The van der Waals surface area contributed by atoms with Gasteiger partial charge in [-0.05, 0) is 12.1 Å². The van der Waals surface area contributed by atoms with Gasteiger partial charge < -0.3 is 5.21 Å². The molecule has 0 atom stereocenters. The molecule has 1 aliphatic rings. The Morgan fingerprint density at radius 2 is 2.27 bits per heavy atom. The maximum absolute atomic E-state index is 11.5. The van der Waals surface area contributed by atoms with E-state index in [9.17, 15) is 9.59 Å². The summed E-state index contributed by atoms with van der Waals surface area (Å²) in [5.41, 5.74) is 0.0772. The predicted octanol–water partition coefficient (Wildman–Crippen LogP) is -0.173. The van der Waals surface area contributed by atoms with Gasteiger partial charge in [-0.2, -0.15) is 0 Å². The zero-order valence-corrected chi connectivity index (χ0v) is 7.62. The molecular formula is C9H7N3O3. The molecule has 0 radical (unpaired) electrons. The zero-order chi connectivity index (χ0) is 10.8. The van der Waals surface area contributed by atoms with Crippen LogP contribution in [0.3, 0.4) is 0 Å². The number of aromatic nitrogens is 1. The molecular weight excluding hydrogens is 198 g/mol. The second kappa shape index (κ2) is 3.49. The highest BCUT2D eigenvalue weighted by molar-refractivity contribution is 6.72. The summed E-state index contributed by atoms with van der Waals surface area (Å²) in [6.07, 6.45) is 3.03. The van der Waals surface area contributed by atoms with Crippen molar-refractivity contribution in [3.63, 3.8) is 0 Å². The van der Waals surface area contributed by atoms with Gasteiger partial charge in [0.15, 0.2) is 0 Å². The fourth-order valence-electron chi connectivity index (χ4n) is 1.36. The number of pyridine rings is 1. The summed E-state index contributed by atoms with van der Waals surface area (Å²) >= 11 is 0. The second-order valence-corrected chi connectivity index (χ2v) is 2.97. The van der Waals surface area contributed by atoms with E-state index >= 15 is 0 Å². The molecule has 0 aliphatic carbocycles. The van der Waals surface area contributed by atoms with E-state index in [0.29, 0.717) is 5.69 Å². The van der Waals surface area contributed by atoms with Crippen LogP contribution in [0.4, 0.5) is 5.69 Å². The van der Waals surface area contributed by atoms with Crippen LogP contribution >= 0.6 is 0 Å². The molecule has 1 aliphatic heterocycles. The highest BCUT2D eigenvalue weighted by Crippen LogP contribution is 2.16. The van der Waals surface area contributed by atoms with Gasteiger partial charge in [0.05, 0.1) is 18.4 Å². The van der Waals surface area contributed by atoms with Gasteiger partial charge in [-0.3, -0.25) is 19.5 Å². The summed E-state index contributed by atoms with van der Waals surface area (Å²) in [4.78, 5) is 27.8. The lowest BCUT2D eigenvalue weighted by Crippen LogP contribution is -2.27. The Morgan fingerprint density at radius 3 is 2.80 bits per heavy atom. The van der Waals surface area contributed by atoms with Crippen LogP contribution in [0.15, 0.2) is 29.7 Å². The van der Waals surface area contributed by atoms with Crippen LogP contribution < -0.4 is 4.90 Å². The average molecular weight is 205 g/mol. The molecule has 6 heteroatoms. The largest absolute Gasteiger partial charge is 0.410 e. The molecule has 1 N–H and O–H groups in total. The fourth-order valence-corrected chi connectivity index (χ4v) is 1.36. The third-order valence-corrected chi connectivity index (χ3v) is 2.07. The van der Waals surface area contributed by atoms with Gasteiger partial charge in [-0.15, -0.1) is 0 Å². The van der Waals surface area contributed by atoms with Crippen molar-refractivity contribution in [1.29, 1.82) is 0 Å². The number of rotatable bonds is 1. The van der Waals surface area contributed by atoms with Gasteiger partial charge in [0.1, 0.15) is 0 Å². The Labute approximate surface area is 84.8 Å². The van der Waals surface area contributed by atoms with E-state index in [-0.39, 0.29) is 6.54 Å². The fraction of sp³-hybridized carbons (Fsp3) is 0.111. The quantitative estimate of drug-likeness (QED) is 0.509. The Bertz CT molecular complexity index is 441. The number of amides is 1. The van der Waals surface area contributed by atoms with E-state index in [1.165, 1.54) is 11.1 Å². The van der Waals surface area contributed by atoms with E-state index in [1.807, 2.05) is 0 Å². The Hall–Kier alpha value is -2.24. The smallest absolute Gasteiger partial charge is 0.284 e. The Morgan fingerprint density at radius 1 is 1.47 bits per heavy atom. The summed E-state index contributed by atoms with van der Waals surface area (Å²) in [5, 5.41) is 11.2. The van der Waals surface area contributed by atoms with Gasteiger partial charge in [0, 0.05) is 6.20 Å². The lowest BCUT2D eigenvalue weighted by molar-refractivity contribution is -0.112. The maximum Gasteiger partial charge on any atom is 0.284 e. The van der Waals surface area contributed by atoms with Crippen LogP contribution in [0.5, 0.6) is 0 Å². The molecule has 0 unspecified atom stereocenters. The molecule has 0 bridgehead atoms. The number of anilines is 1. The van der Waals surface area contributed by atoms with Crippen molar-refractivity contribution >= 4 is 23.1 Å². The third kappa shape index (κ3) is 1.45. The first-order valence-corrected chi connectivity index (χ1v) is 4.21. The van der Waals surface area contributed by atoms with Gasteiger partial charge in [0.25, 0.3) is 5.91 Å². The number of Topliss-reactive ketones (excluding diaryl/α,β-unsaturated/α-hetero) is 1. The summed E-state index contributed by atoms with van der Waals surface area (Å²) < 4.78 is 0. The lowest BCUT2D eigenvalue weighted by atomic mass is 10.3. The van der Waals surface area contributed by atoms with Crippen LogP contribution in [0.2, 0.25) is 0 Å². The van der Waals surface area contributed by atoms with Crippen LogP contribution in [-0.2, 0) is 9.59 Å². The molecule has 1 aromatic heterocycles. The first kappa shape index (κ1) is 9.32. The minimum absolute atomic E-state index is 0.107. The number of hydrogen-bond acceptors (Lipinski definition) is 5. The first-order chi connectivity index (χ1) is 7.24. The molecule has 0 saturated carbocycles. The molecule has 2 rings (SSSR count). The number of nitrogens with zero attached hydrogens (tertiary/aromatic N) is 3. The highest BCUT2D eigenvalue weighted by Gasteiger charge is 2.36.